The van der Waals surface area contributed by atoms with E-state index in [1.54, 1.807) is 0 Å². The third-order valence-electron chi connectivity index (χ3n) is 6.53. The summed E-state index contributed by atoms with van der Waals surface area (Å²) in [5.41, 5.74) is -0.484. The van der Waals surface area contributed by atoms with Crippen molar-refractivity contribution >= 4 is 33.0 Å². The molecule has 2 aromatic rings. The summed E-state index contributed by atoms with van der Waals surface area (Å²) in [6, 6.07) is 4.76. The Labute approximate surface area is 193 Å². The van der Waals surface area contributed by atoms with Gasteiger partial charge in [0.15, 0.2) is 27.3 Å². The molecular weight excluding hydrogens is 483 g/mol. The third-order valence-corrected chi connectivity index (χ3v) is 9.30. The lowest BCUT2D eigenvalue weighted by molar-refractivity contribution is -0.0114. The second-order valence-corrected chi connectivity index (χ2v) is 11.1. The molecule has 0 heterocycles. The zero-order valence-corrected chi connectivity index (χ0v) is 18.7. The molecule has 0 saturated heterocycles. The molecule has 5 atom stereocenters. The molecule has 11 heteroatoms. The largest absolute Gasteiger partial charge is 0.390 e. The van der Waals surface area contributed by atoms with E-state index in [4.69, 9.17) is 11.6 Å². The summed E-state index contributed by atoms with van der Waals surface area (Å²) in [4.78, 5) is 12.3. The first-order chi connectivity index (χ1) is 15.5. The predicted molar refractivity (Wildman–Crippen MR) is 114 cm³/mol. The van der Waals surface area contributed by atoms with Gasteiger partial charge >= 0.3 is 0 Å². The van der Waals surface area contributed by atoms with Crippen molar-refractivity contribution in [2.75, 3.05) is 5.32 Å². The van der Waals surface area contributed by atoms with Gasteiger partial charge in [-0.2, -0.15) is 0 Å². The minimum Gasteiger partial charge on any atom is -0.390 e. The second kappa shape index (κ2) is 8.90. The molecule has 33 heavy (non-hydrogen) atoms. The second-order valence-electron chi connectivity index (χ2n) is 8.56. The summed E-state index contributed by atoms with van der Waals surface area (Å²) in [7, 11) is -4.05. The monoisotopic (exact) mass is 503 g/mol. The number of amides is 1. The van der Waals surface area contributed by atoms with E-state index >= 15 is 0 Å². The van der Waals surface area contributed by atoms with Gasteiger partial charge in [0.05, 0.1) is 27.4 Å². The van der Waals surface area contributed by atoms with Gasteiger partial charge in [0.2, 0.25) is 0 Å². The molecule has 0 aliphatic heterocycles. The van der Waals surface area contributed by atoms with Crippen molar-refractivity contribution in [3.8, 4) is 0 Å². The molecule has 3 aliphatic rings. The molecule has 3 fully saturated rings. The lowest BCUT2D eigenvalue weighted by Gasteiger charge is -2.33. The number of anilines is 1. The van der Waals surface area contributed by atoms with E-state index in [1.165, 1.54) is 12.1 Å². The fourth-order valence-electron chi connectivity index (χ4n) is 4.80. The average Bonchev–Trinajstić information content (AvgIpc) is 2.97. The Bertz CT molecular complexity index is 1190. The van der Waals surface area contributed by atoms with Gasteiger partial charge < -0.3 is 15.5 Å². The maximum atomic E-state index is 13.5. The fourth-order valence-corrected chi connectivity index (χ4v) is 7.45. The van der Waals surface area contributed by atoms with Gasteiger partial charge in [-0.1, -0.05) is 11.6 Å². The lowest BCUT2D eigenvalue weighted by atomic mass is 9.83. The average molecular weight is 504 g/mol. The van der Waals surface area contributed by atoms with Crippen molar-refractivity contribution < 1.29 is 36.6 Å². The number of aliphatic hydroxyl groups is 2. The predicted octanol–water partition coefficient (Wildman–Crippen LogP) is 3.69. The number of nitrogens with one attached hydrogen (secondary N) is 1. The SMILES string of the molecule is O=C(Nc1cc(F)c(F)c(F)c1)c1ccc(Cl)c(S(=O)(=O)C2CC3CCC2CC(O)C3O)c1. The van der Waals surface area contributed by atoms with E-state index < -0.39 is 50.7 Å². The zero-order chi connectivity index (χ0) is 24.1. The number of sulfone groups is 1. The van der Waals surface area contributed by atoms with Crippen molar-refractivity contribution in [3.05, 3.63) is 58.4 Å². The lowest BCUT2D eigenvalue weighted by Crippen LogP contribution is -2.36. The molecule has 0 spiro atoms. The van der Waals surface area contributed by atoms with E-state index in [2.05, 4.69) is 5.32 Å². The van der Waals surface area contributed by atoms with Crippen LogP contribution in [0.3, 0.4) is 0 Å². The molecule has 3 aliphatic carbocycles. The van der Waals surface area contributed by atoms with E-state index in [0.29, 0.717) is 25.0 Å². The van der Waals surface area contributed by atoms with E-state index in [9.17, 15) is 36.6 Å². The number of benzene rings is 2. The Kier molecular flexibility index (Phi) is 6.47. The summed E-state index contributed by atoms with van der Waals surface area (Å²) < 4.78 is 67.0. The molecular formula is C22H21ClF3NO5S. The van der Waals surface area contributed by atoms with Gasteiger partial charge in [0, 0.05) is 23.4 Å². The molecule has 0 aromatic heterocycles. The van der Waals surface area contributed by atoms with Crippen molar-refractivity contribution in [1.82, 2.24) is 0 Å². The first-order valence-corrected chi connectivity index (χ1v) is 12.3. The number of carbonyl (C=O) groups is 1. The first kappa shape index (κ1) is 24.0. The minimum atomic E-state index is -4.05. The summed E-state index contributed by atoms with van der Waals surface area (Å²) in [6.07, 6.45) is -0.573. The highest BCUT2D eigenvalue weighted by molar-refractivity contribution is 7.92. The highest BCUT2D eigenvalue weighted by atomic mass is 35.5. The van der Waals surface area contributed by atoms with Crippen LogP contribution in [0.2, 0.25) is 5.02 Å². The van der Waals surface area contributed by atoms with Crippen LogP contribution in [0.25, 0.3) is 0 Å². The van der Waals surface area contributed by atoms with Crippen LogP contribution < -0.4 is 5.32 Å². The van der Waals surface area contributed by atoms with Gasteiger partial charge in [0.25, 0.3) is 5.91 Å². The van der Waals surface area contributed by atoms with Gasteiger partial charge in [-0.3, -0.25) is 4.79 Å². The topological polar surface area (TPSA) is 104 Å². The van der Waals surface area contributed by atoms with Crippen LogP contribution in [0.4, 0.5) is 18.9 Å². The number of hydrogen-bond donors (Lipinski definition) is 3. The van der Waals surface area contributed by atoms with Gasteiger partial charge in [-0.25, -0.2) is 21.6 Å². The molecule has 178 valence electrons. The Morgan fingerprint density at radius 2 is 1.64 bits per heavy atom. The van der Waals surface area contributed by atoms with Crippen LogP contribution in [-0.4, -0.2) is 42.0 Å². The maximum absolute atomic E-state index is 13.5. The number of carbonyl (C=O) groups excluding carboxylic acids is 1. The van der Waals surface area contributed by atoms with Gasteiger partial charge in [-0.15, -0.1) is 0 Å². The molecule has 2 aromatic carbocycles. The quantitative estimate of drug-likeness (QED) is 0.552. The summed E-state index contributed by atoms with van der Waals surface area (Å²) in [6.45, 7) is 0. The molecule has 2 bridgehead atoms. The molecule has 1 amide bonds. The standard InChI is InChI=1S/C22H21ClF3NO5S/c23-14-4-3-12(22(30)27-13-8-15(24)20(26)16(25)9-13)7-19(14)33(31,32)18-6-11-2-1-10(18)5-17(28)21(11)29/h3-4,7-11,17-18,21,28-29H,1-2,5-6H2,(H,27,30). The number of rotatable bonds is 4. The van der Waals surface area contributed by atoms with Gasteiger partial charge in [-0.05, 0) is 55.7 Å². The first-order valence-electron chi connectivity index (χ1n) is 10.3. The Morgan fingerprint density at radius 1 is 1.00 bits per heavy atom. The number of aliphatic hydroxyl groups excluding tert-OH is 2. The summed E-state index contributed by atoms with van der Waals surface area (Å²) in [5, 5.41) is 21.6. The Balaban J connectivity index is 1.64. The molecule has 0 radical (unpaired) electrons. The highest BCUT2D eigenvalue weighted by Gasteiger charge is 2.47. The molecule has 5 unspecified atom stereocenters. The molecule has 3 saturated carbocycles. The van der Waals surface area contributed by atoms with E-state index in [0.717, 1.165) is 6.07 Å². The minimum absolute atomic E-state index is 0.105. The van der Waals surface area contributed by atoms with Crippen molar-refractivity contribution in [2.45, 2.75) is 48.0 Å². The number of fused-ring (bicyclic) bond motifs is 4. The van der Waals surface area contributed by atoms with Crippen LogP contribution in [0, 0.1) is 29.3 Å². The van der Waals surface area contributed by atoms with Crippen LogP contribution in [0.5, 0.6) is 0 Å². The Morgan fingerprint density at radius 3 is 2.30 bits per heavy atom. The molecule has 6 nitrogen and oxygen atoms in total. The van der Waals surface area contributed by atoms with Crippen LogP contribution >= 0.6 is 11.6 Å². The van der Waals surface area contributed by atoms with Crippen molar-refractivity contribution in [1.29, 1.82) is 0 Å². The fraction of sp³-hybridized carbons (Fsp3) is 0.409. The smallest absolute Gasteiger partial charge is 0.255 e. The Hall–Kier alpha value is -2.14. The van der Waals surface area contributed by atoms with E-state index in [-0.39, 0.29) is 45.8 Å². The maximum Gasteiger partial charge on any atom is 0.255 e. The van der Waals surface area contributed by atoms with Crippen LogP contribution in [0.1, 0.15) is 36.0 Å². The molecule has 3 N–H and O–H groups in total. The van der Waals surface area contributed by atoms with Crippen LogP contribution in [0.15, 0.2) is 35.2 Å². The third kappa shape index (κ3) is 4.49. The van der Waals surface area contributed by atoms with Crippen molar-refractivity contribution in [3.63, 3.8) is 0 Å². The molecule has 5 rings (SSSR count). The number of halogens is 4. The van der Waals surface area contributed by atoms with Crippen LogP contribution in [-0.2, 0) is 9.84 Å². The summed E-state index contributed by atoms with van der Waals surface area (Å²) in [5.74, 6) is -6.28. The van der Waals surface area contributed by atoms with E-state index in [1.807, 2.05) is 0 Å². The highest BCUT2D eigenvalue weighted by Crippen LogP contribution is 2.45. The summed E-state index contributed by atoms with van der Waals surface area (Å²) >= 11 is 6.17. The number of hydrogen-bond acceptors (Lipinski definition) is 5. The van der Waals surface area contributed by atoms with Crippen molar-refractivity contribution in [2.24, 2.45) is 11.8 Å². The zero-order valence-electron chi connectivity index (χ0n) is 17.1. The normalized spacial score (nSPS) is 27.3. The van der Waals surface area contributed by atoms with Gasteiger partial charge in [0.1, 0.15) is 0 Å².